The molecule has 0 spiro atoms. The molecule has 0 radical (unpaired) electrons. The first-order valence-electron chi connectivity index (χ1n) is 9.02. The van der Waals surface area contributed by atoms with Gasteiger partial charge in [0.15, 0.2) is 0 Å². The molecule has 0 saturated carbocycles. The van der Waals surface area contributed by atoms with Crippen LogP contribution in [-0.2, 0) is 0 Å². The molecule has 0 bridgehead atoms. The van der Waals surface area contributed by atoms with Gasteiger partial charge < -0.3 is 24.0 Å². The number of quaternary nitrogens is 2. The molecule has 0 fully saturated rings. The van der Waals surface area contributed by atoms with Crippen LogP contribution in [-0.4, -0.2) is 67.5 Å². The minimum absolute atomic E-state index is 1.11. The van der Waals surface area contributed by atoms with Crippen LogP contribution in [0.15, 0.2) is 25.3 Å². The topological polar surface area (TPSA) is 63.2 Å². The quantitative estimate of drug-likeness (QED) is 0.447. The Morgan fingerprint density at radius 3 is 0.917 bits per heavy atom. The van der Waals surface area contributed by atoms with Gasteiger partial charge in [-0.1, -0.05) is 13.2 Å². The van der Waals surface area contributed by atoms with Crippen molar-refractivity contribution < 1.29 is 24.0 Å². The van der Waals surface area contributed by atoms with Crippen molar-refractivity contribution in [2.45, 2.75) is 41.5 Å². The smallest absolute Gasteiger partial charge is 0.0970 e. The Balaban J connectivity index is -0.000000301. The number of carbonyl (C=O) groups is 1. The van der Waals surface area contributed by atoms with Crippen LogP contribution in [0.25, 0.3) is 0 Å². The van der Waals surface area contributed by atoms with Crippen molar-refractivity contribution in [2.75, 3.05) is 52.4 Å². The van der Waals surface area contributed by atoms with E-state index in [0.29, 0.717) is 0 Å². The largest absolute Gasteiger partial charge is 0.652 e. The molecule has 0 aromatic heterocycles. The summed E-state index contributed by atoms with van der Waals surface area (Å²) in [5.74, 6) is 0. The monoisotopic (exact) mass is 344 g/mol. The van der Waals surface area contributed by atoms with Gasteiger partial charge in [0.05, 0.1) is 52.4 Å². The van der Waals surface area contributed by atoms with Gasteiger partial charge in [0.25, 0.3) is 0 Å². The molecule has 5 nitrogen and oxygen atoms in total. The maximum atomic E-state index is 8.33. The highest BCUT2D eigenvalue weighted by Crippen LogP contribution is 2.05. The van der Waals surface area contributed by atoms with Crippen molar-refractivity contribution in [3.05, 3.63) is 25.3 Å². The van der Waals surface area contributed by atoms with Gasteiger partial charge in [0.2, 0.25) is 0 Å². The molecule has 144 valence electrons. The zero-order chi connectivity index (χ0) is 19.6. The van der Waals surface area contributed by atoms with Gasteiger partial charge in [-0.05, 0) is 59.8 Å². The minimum Gasteiger partial charge on any atom is -0.652 e. The lowest BCUT2D eigenvalue weighted by Crippen LogP contribution is -2.47. The van der Waals surface area contributed by atoms with Crippen LogP contribution in [0.1, 0.15) is 41.5 Å². The van der Waals surface area contributed by atoms with E-state index in [1.54, 1.807) is 0 Å². The third kappa shape index (κ3) is 13.1. The number of rotatable bonds is 10. The molecule has 0 N–H and O–H groups in total. The standard InChI is InChI=1S/2C9H20N.CH2O3/c2*1-5-9-10(6-2,7-3)8-4;2-1(3)4/h2*5H,1,6-9H2,2-4H3;(H2,2,3,4)/q2*+1;/p-2. The fourth-order valence-electron chi connectivity index (χ4n) is 2.66. The summed E-state index contributed by atoms with van der Waals surface area (Å²) in [5, 5.41) is 16.7. The first-order valence-corrected chi connectivity index (χ1v) is 9.02. The Bertz CT molecular complexity index is 276. The molecule has 0 aliphatic carbocycles. The molecule has 0 atom stereocenters. The number of carboxylic acid groups (broad SMARTS) is 2. The first kappa shape index (κ1) is 27.5. The molecule has 0 rings (SSSR count). The summed E-state index contributed by atoms with van der Waals surface area (Å²) in [5.41, 5.74) is 0. The highest BCUT2D eigenvalue weighted by atomic mass is 16.6. The van der Waals surface area contributed by atoms with E-state index < -0.39 is 6.16 Å². The number of carbonyl (C=O) groups excluding carboxylic acids is 1. The maximum absolute atomic E-state index is 8.33. The predicted octanol–water partition coefficient (Wildman–Crippen LogP) is 1.65. The van der Waals surface area contributed by atoms with Crippen molar-refractivity contribution >= 4 is 6.16 Å². The van der Waals surface area contributed by atoms with Gasteiger partial charge in [-0.25, -0.2) is 0 Å². The Morgan fingerprint density at radius 1 is 0.708 bits per heavy atom. The average molecular weight is 345 g/mol. The van der Waals surface area contributed by atoms with Crippen molar-refractivity contribution in [1.82, 2.24) is 0 Å². The number of nitrogens with zero attached hydrogens (tertiary/aromatic N) is 2. The lowest BCUT2D eigenvalue weighted by atomic mass is 10.3. The zero-order valence-electron chi connectivity index (χ0n) is 16.8. The second-order valence-electron chi connectivity index (χ2n) is 5.77. The van der Waals surface area contributed by atoms with Crippen molar-refractivity contribution in [3.8, 4) is 0 Å². The van der Waals surface area contributed by atoms with E-state index in [4.69, 9.17) is 15.0 Å². The SMILES string of the molecule is C=CC[N+](CC)(CC)CC.C=CC[N+](CC)(CC)CC.O=C([O-])[O-]. The molecule has 0 aliphatic heterocycles. The van der Waals surface area contributed by atoms with Crippen molar-refractivity contribution in [3.63, 3.8) is 0 Å². The van der Waals surface area contributed by atoms with Gasteiger partial charge in [-0.3, -0.25) is 0 Å². The molecule has 24 heavy (non-hydrogen) atoms. The lowest BCUT2D eigenvalue weighted by molar-refractivity contribution is -0.917. The molecule has 0 heterocycles. The van der Waals surface area contributed by atoms with Gasteiger partial charge in [0.1, 0.15) is 0 Å². The van der Waals surface area contributed by atoms with Crippen LogP contribution in [0.3, 0.4) is 0 Å². The number of hydrogen-bond acceptors (Lipinski definition) is 3. The molecular formula is C19H40N2O3. The summed E-state index contributed by atoms with van der Waals surface area (Å²) < 4.78 is 2.37. The van der Waals surface area contributed by atoms with E-state index in [1.807, 2.05) is 12.2 Å². The normalized spacial score (nSPS) is 10.6. The van der Waals surface area contributed by atoms with E-state index in [-0.39, 0.29) is 0 Å². The summed E-state index contributed by atoms with van der Waals surface area (Å²) in [7, 11) is 0. The third-order valence-corrected chi connectivity index (χ3v) is 5.06. The summed E-state index contributed by atoms with van der Waals surface area (Å²) >= 11 is 0. The van der Waals surface area contributed by atoms with E-state index in [0.717, 1.165) is 13.1 Å². The Hall–Kier alpha value is -1.33. The minimum atomic E-state index is -2.33. The molecular weight excluding hydrogens is 304 g/mol. The van der Waals surface area contributed by atoms with Crippen LogP contribution in [0.2, 0.25) is 0 Å². The number of likely N-dealkylation sites (N-methyl/N-ethyl adjacent to an activating group) is 2. The van der Waals surface area contributed by atoms with Gasteiger partial charge in [-0.15, -0.1) is 0 Å². The van der Waals surface area contributed by atoms with E-state index in [1.165, 1.54) is 48.2 Å². The summed E-state index contributed by atoms with van der Waals surface area (Å²) in [4.78, 5) is 8.33. The van der Waals surface area contributed by atoms with Crippen LogP contribution in [0.4, 0.5) is 4.79 Å². The Kier molecular flexibility index (Phi) is 18.9. The first-order chi connectivity index (χ1) is 11.2. The summed E-state index contributed by atoms with van der Waals surface area (Å²) in [6.07, 6.45) is 1.72. The summed E-state index contributed by atoms with van der Waals surface area (Å²) in [6, 6.07) is 0. The van der Waals surface area contributed by atoms with Gasteiger partial charge >= 0.3 is 0 Å². The molecule has 0 aliphatic rings. The lowest BCUT2D eigenvalue weighted by Gasteiger charge is -2.34. The highest BCUT2D eigenvalue weighted by molar-refractivity contribution is 5.47. The van der Waals surface area contributed by atoms with Gasteiger partial charge in [-0.2, -0.15) is 0 Å². The third-order valence-electron chi connectivity index (χ3n) is 5.06. The van der Waals surface area contributed by atoms with Crippen molar-refractivity contribution in [2.24, 2.45) is 0 Å². The van der Waals surface area contributed by atoms with Crippen LogP contribution >= 0.6 is 0 Å². The van der Waals surface area contributed by atoms with E-state index in [9.17, 15) is 0 Å². The Morgan fingerprint density at radius 2 is 0.875 bits per heavy atom. The zero-order valence-corrected chi connectivity index (χ0v) is 16.8. The predicted molar refractivity (Wildman–Crippen MR) is 99.3 cm³/mol. The summed E-state index contributed by atoms with van der Waals surface area (Å²) in [6.45, 7) is 30.6. The average Bonchev–Trinajstić information content (AvgIpc) is 2.58. The van der Waals surface area contributed by atoms with Gasteiger partial charge in [0, 0.05) is 0 Å². The van der Waals surface area contributed by atoms with Crippen molar-refractivity contribution in [1.29, 1.82) is 0 Å². The molecule has 0 aromatic rings. The van der Waals surface area contributed by atoms with Crippen LogP contribution < -0.4 is 10.2 Å². The maximum Gasteiger partial charge on any atom is 0.0970 e. The molecule has 5 heteroatoms. The second-order valence-corrected chi connectivity index (χ2v) is 5.77. The Labute approximate surface area is 150 Å². The highest BCUT2D eigenvalue weighted by Gasteiger charge is 2.18. The molecule has 0 amide bonds. The van der Waals surface area contributed by atoms with E-state index in [2.05, 4.69) is 54.7 Å². The fourth-order valence-corrected chi connectivity index (χ4v) is 2.66. The fraction of sp³-hybridized carbons (Fsp3) is 0.737. The molecule has 0 saturated heterocycles. The second kappa shape index (κ2) is 16.5. The van der Waals surface area contributed by atoms with Crippen LogP contribution in [0, 0.1) is 0 Å². The molecule has 0 unspecified atom stereocenters. The number of hydrogen-bond donors (Lipinski definition) is 0. The van der Waals surface area contributed by atoms with E-state index >= 15 is 0 Å². The molecule has 0 aromatic carbocycles. The van der Waals surface area contributed by atoms with Crippen LogP contribution in [0.5, 0.6) is 0 Å².